The molecule has 0 spiro atoms. The number of halogens is 1. The van der Waals surface area contributed by atoms with Gasteiger partial charge in [-0.3, -0.25) is 4.68 Å². The van der Waals surface area contributed by atoms with Crippen LogP contribution < -0.4 is 5.32 Å². The van der Waals surface area contributed by atoms with Gasteiger partial charge in [-0.15, -0.1) is 0 Å². The second-order valence-electron chi connectivity index (χ2n) is 5.70. The Balaban J connectivity index is 2.57. The van der Waals surface area contributed by atoms with Crippen molar-refractivity contribution in [1.82, 2.24) is 15.1 Å². The van der Waals surface area contributed by atoms with Crippen LogP contribution in [-0.4, -0.2) is 22.9 Å². The summed E-state index contributed by atoms with van der Waals surface area (Å²) in [6.45, 7) is 10.9. The number of nitrogens with zero attached hydrogens (tertiary/aromatic N) is 2. The van der Waals surface area contributed by atoms with Crippen LogP contribution in [0, 0.1) is 5.92 Å². The minimum atomic E-state index is 0.0479. The van der Waals surface area contributed by atoms with Crippen LogP contribution in [0.25, 0.3) is 0 Å². The first-order chi connectivity index (χ1) is 7.84. The van der Waals surface area contributed by atoms with E-state index < -0.39 is 0 Å². The third-order valence-corrected chi connectivity index (χ3v) is 3.29. The van der Waals surface area contributed by atoms with Gasteiger partial charge < -0.3 is 5.32 Å². The molecule has 1 aromatic heterocycles. The summed E-state index contributed by atoms with van der Waals surface area (Å²) in [6.07, 6.45) is 2.78. The Morgan fingerprint density at radius 2 is 2.12 bits per heavy atom. The highest BCUT2D eigenvalue weighted by Crippen LogP contribution is 2.31. The van der Waals surface area contributed by atoms with Gasteiger partial charge in [0.1, 0.15) is 0 Å². The van der Waals surface area contributed by atoms with E-state index in [-0.39, 0.29) is 5.41 Å². The molecular weight excluding hydrogens is 234 g/mol. The van der Waals surface area contributed by atoms with Gasteiger partial charge in [-0.05, 0) is 25.4 Å². The first-order valence-corrected chi connectivity index (χ1v) is 6.61. The van der Waals surface area contributed by atoms with Crippen molar-refractivity contribution in [2.24, 2.45) is 13.0 Å². The van der Waals surface area contributed by atoms with E-state index in [4.69, 9.17) is 11.6 Å². The lowest BCUT2D eigenvalue weighted by Gasteiger charge is -2.26. The van der Waals surface area contributed by atoms with E-state index in [1.54, 1.807) is 6.20 Å². The number of aryl methyl sites for hydroxylation is 1. The third-order valence-electron chi connectivity index (χ3n) is 3.01. The van der Waals surface area contributed by atoms with Crippen molar-refractivity contribution in [2.45, 2.75) is 39.5 Å². The molecule has 4 heteroatoms. The topological polar surface area (TPSA) is 29.9 Å². The normalized spacial score (nSPS) is 12.4. The molecule has 0 atom stereocenters. The largest absolute Gasteiger partial charge is 0.316 e. The maximum Gasteiger partial charge on any atom is 0.0823 e. The van der Waals surface area contributed by atoms with Crippen molar-refractivity contribution in [3.63, 3.8) is 0 Å². The molecule has 1 aromatic rings. The maximum absolute atomic E-state index is 6.19. The second-order valence-corrected chi connectivity index (χ2v) is 6.10. The lowest BCUT2D eigenvalue weighted by Crippen LogP contribution is -2.29. The first-order valence-electron chi connectivity index (χ1n) is 6.23. The molecule has 0 saturated heterocycles. The van der Waals surface area contributed by atoms with E-state index in [0.29, 0.717) is 5.92 Å². The summed E-state index contributed by atoms with van der Waals surface area (Å²) in [7, 11) is 1.95. The summed E-state index contributed by atoms with van der Waals surface area (Å²) < 4.78 is 1.88. The summed E-state index contributed by atoms with van der Waals surface area (Å²) in [4.78, 5) is 0. The average molecular weight is 258 g/mol. The van der Waals surface area contributed by atoms with Crippen LogP contribution in [0.3, 0.4) is 0 Å². The van der Waals surface area contributed by atoms with Crippen molar-refractivity contribution in [2.75, 3.05) is 13.1 Å². The van der Waals surface area contributed by atoms with Gasteiger partial charge in [-0.1, -0.05) is 39.3 Å². The predicted octanol–water partition coefficient (Wildman–Crippen LogP) is 2.99. The molecule has 0 bridgehead atoms. The number of hydrogen-bond acceptors (Lipinski definition) is 2. The predicted molar refractivity (Wildman–Crippen MR) is 73.6 cm³/mol. The molecule has 3 nitrogen and oxygen atoms in total. The molecule has 0 aromatic carbocycles. The summed E-state index contributed by atoms with van der Waals surface area (Å²) in [5.41, 5.74) is 1.16. The monoisotopic (exact) mass is 257 g/mol. The molecule has 0 radical (unpaired) electrons. The minimum Gasteiger partial charge on any atom is -0.316 e. The van der Waals surface area contributed by atoms with Crippen molar-refractivity contribution < 1.29 is 0 Å². The molecule has 0 fully saturated rings. The Bertz CT molecular complexity index is 336. The van der Waals surface area contributed by atoms with Gasteiger partial charge in [0.05, 0.1) is 16.9 Å². The highest BCUT2D eigenvalue weighted by Gasteiger charge is 2.26. The Morgan fingerprint density at radius 1 is 1.47 bits per heavy atom. The summed E-state index contributed by atoms with van der Waals surface area (Å²) in [5, 5.41) is 8.44. The quantitative estimate of drug-likeness (QED) is 0.794. The lowest BCUT2D eigenvalue weighted by atomic mass is 9.85. The molecule has 0 aliphatic heterocycles. The Morgan fingerprint density at radius 3 is 2.59 bits per heavy atom. The molecule has 1 heterocycles. The fraction of sp³-hybridized carbons (Fsp3) is 0.769. The van der Waals surface area contributed by atoms with E-state index in [9.17, 15) is 0 Å². The van der Waals surface area contributed by atoms with Gasteiger partial charge in [0, 0.05) is 12.5 Å². The molecular formula is C13H24ClN3. The number of nitrogens with one attached hydrogen (secondary N) is 1. The molecule has 1 rings (SSSR count). The van der Waals surface area contributed by atoms with Crippen LogP contribution >= 0.6 is 11.6 Å². The van der Waals surface area contributed by atoms with Crippen LogP contribution in [0.2, 0.25) is 5.02 Å². The third kappa shape index (κ3) is 4.00. The summed E-state index contributed by atoms with van der Waals surface area (Å²) in [6, 6.07) is 0. The van der Waals surface area contributed by atoms with Gasteiger partial charge in [-0.2, -0.15) is 5.10 Å². The van der Waals surface area contributed by atoms with E-state index >= 15 is 0 Å². The summed E-state index contributed by atoms with van der Waals surface area (Å²) >= 11 is 6.19. The number of aromatic nitrogens is 2. The minimum absolute atomic E-state index is 0.0479. The van der Waals surface area contributed by atoms with Crippen LogP contribution in [0.4, 0.5) is 0 Å². The maximum atomic E-state index is 6.19. The highest BCUT2D eigenvalue weighted by molar-refractivity contribution is 6.31. The van der Waals surface area contributed by atoms with Crippen molar-refractivity contribution in [1.29, 1.82) is 0 Å². The van der Waals surface area contributed by atoms with E-state index in [1.165, 1.54) is 0 Å². The zero-order valence-corrected chi connectivity index (χ0v) is 12.3. The zero-order valence-electron chi connectivity index (χ0n) is 11.5. The molecule has 17 heavy (non-hydrogen) atoms. The standard InChI is InChI=1S/C13H24ClN3/c1-10(2)8-15-7-6-13(3,4)12-11(14)9-16-17(12)5/h9-10,15H,6-8H2,1-5H3. The molecule has 0 amide bonds. The number of hydrogen-bond donors (Lipinski definition) is 1. The van der Waals surface area contributed by atoms with Crippen LogP contribution in [0.1, 0.15) is 39.8 Å². The number of rotatable bonds is 6. The molecule has 0 aliphatic carbocycles. The van der Waals surface area contributed by atoms with Crippen LogP contribution in [-0.2, 0) is 12.5 Å². The zero-order chi connectivity index (χ0) is 13.1. The second kappa shape index (κ2) is 5.87. The average Bonchev–Trinajstić information content (AvgIpc) is 2.53. The Labute approximate surface area is 110 Å². The smallest absolute Gasteiger partial charge is 0.0823 e. The summed E-state index contributed by atoms with van der Waals surface area (Å²) in [5.74, 6) is 0.693. The van der Waals surface area contributed by atoms with E-state index in [0.717, 1.165) is 30.2 Å². The highest BCUT2D eigenvalue weighted by atomic mass is 35.5. The van der Waals surface area contributed by atoms with Gasteiger partial charge >= 0.3 is 0 Å². The molecule has 98 valence electrons. The van der Waals surface area contributed by atoms with Crippen molar-refractivity contribution in [3.05, 3.63) is 16.9 Å². The fourth-order valence-electron chi connectivity index (χ4n) is 2.08. The molecule has 1 N–H and O–H groups in total. The van der Waals surface area contributed by atoms with Crippen LogP contribution in [0.15, 0.2) is 6.20 Å². The van der Waals surface area contributed by atoms with Gasteiger partial charge in [0.15, 0.2) is 0 Å². The Hall–Kier alpha value is -0.540. The van der Waals surface area contributed by atoms with E-state index in [2.05, 4.69) is 38.1 Å². The lowest BCUT2D eigenvalue weighted by molar-refractivity contribution is 0.416. The SMILES string of the molecule is CC(C)CNCCC(C)(C)c1c(Cl)cnn1C. The fourth-order valence-corrected chi connectivity index (χ4v) is 2.50. The first kappa shape index (κ1) is 14.5. The van der Waals surface area contributed by atoms with Crippen LogP contribution in [0.5, 0.6) is 0 Å². The van der Waals surface area contributed by atoms with Gasteiger partial charge in [-0.25, -0.2) is 0 Å². The van der Waals surface area contributed by atoms with E-state index in [1.807, 2.05) is 11.7 Å². The molecule has 0 saturated carbocycles. The van der Waals surface area contributed by atoms with Gasteiger partial charge in [0.2, 0.25) is 0 Å². The Kier molecular flexibility index (Phi) is 5.02. The van der Waals surface area contributed by atoms with Crippen molar-refractivity contribution in [3.8, 4) is 0 Å². The van der Waals surface area contributed by atoms with Gasteiger partial charge in [0.25, 0.3) is 0 Å². The molecule has 0 aliphatic rings. The van der Waals surface area contributed by atoms with Crippen molar-refractivity contribution >= 4 is 11.6 Å². The molecule has 0 unspecified atom stereocenters.